The van der Waals surface area contributed by atoms with Crippen LogP contribution in [0.3, 0.4) is 0 Å². The molecule has 1 aliphatic rings. The summed E-state index contributed by atoms with van der Waals surface area (Å²) < 4.78 is 2.01. The van der Waals surface area contributed by atoms with E-state index in [1.807, 2.05) is 61.0 Å². The van der Waals surface area contributed by atoms with Crippen LogP contribution in [0.5, 0.6) is 0 Å². The van der Waals surface area contributed by atoms with E-state index < -0.39 is 0 Å². The Hall–Kier alpha value is -2.96. The molecule has 4 rings (SSSR count). The number of nitrogens with zero attached hydrogens (tertiary/aromatic N) is 4. The van der Waals surface area contributed by atoms with Gasteiger partial charge in [0.05, 0.1) is 18.3 Å². The Labute approximate surface area is 177 Å². The fourth-order valence-corrected chi connectivity index (χ4v) is 3.96. The second-order valence-electron chi connectivity index (χ2n) is 7.86. The van der Waals surface area contributed by atoms with Crippen molar-refractivity contribution in [2.24, 2.45) is 0 Å². The highest BCUT2D eigenvalue weighted by Gasteiger charge is 2.27. The summed E-state index contributed by atoms with van der Waals surface area (Å²) in [6.07, 6.45) is 6.83. The first-order chi connectivity index (χ1) is 14.6. The summed E-state index contributed by atoms with van der Waals surface area (Å²) in [6, 6.07) is 14.1. The lowest BCUT2D eigenvalue weighted by molar-refractivity contribution is 0.0788. The number of aryl methyl sites for hydroxylation is 1. The van der Waals surface area contributed by atoms with E-state index in [0.717, 1.165) is 29.9 Å². The van der Waals surface area contributed by atoms with Crippen LogP contribution in [0.2, 0.25) is 0 Å². The summed E-state index contributed by atoms with van der Waals surface area (Å²) in [5, 5.41) is 9.68. The Morgan fingerprint density at radius 3 is 2.80 bits per heavy atom. The predicted molar refractivity (Wildman–Crippen MR) is 117 cm³/mol. The number of fused-ring (bicyclic) bond motifs is 1. The molecule has 0 fully saturated rings. The highest BCUT2D eigenvalue weighted by Crippen LogP contribution is 2.22. The molecule has 0 aliphatic carbocycles. The molecule has 30 heavy (non-hydrogen) atoms. The average Bonchev–Trinajstić information content (AvgIpc) is 3.38. The number of carbonyl (C=O) groups is 1. The summed E-state index contributed by atoms with van der Waals surface area (Å²) in [7, 11) is 1.83. The number of rotatable bonds is 7. The fourth-order valence-electron chi connectivity index (χ4n) is 3.96. The number of benzene rings is 1. The van der Waals surface area contributed by atoms with Crippen molar-refractivity contribution in [3.05, 3.63) is 83.3 Å². The van der Waals surface area contributed by atoms with Crippen LogP contribution in [0.4, 0.5) is 0 Å². The fraction of sp³-hybridized carbons (Fsp3) is 0.333. The third-order valence-electron chi connectivity index (χ3n) is 5.78. The first-order valence-electron chi connectivity index (χ1n) is 10.4. The SMILES string of the molecule is Cc1cccn2c(CN3CC=C[C@H]3CO)c(C(=O)N(C)CCc3ccccc3)nc12. The Morgan fingerprint density at radius 2 is 2.03 bits per heavy atom. The zero-order valence-corrected chi connectivity index (χ0v) is 17.5. The van der Waals surface area contributed by atoms with Crippen molar-refractivity contribution < 1.29 is 9.90 Å². The molecule has 1 aromatic carbocycles. The second kappa shape index (κ2) is 8.81. The second-order valence-corrected chi connectivity index (χ2v) is 7.86. The molecule has 1 amide bonds. The summed E-state index contributed by atoms with van der Waals surface area (Å²) >= 11 is 0. The highest BCUT2D eigenvalue weighted by atomic mass is 16.3. The third kappa shape index (κ3) is 4.01. The molecule has 3 heterocycles. The van der Waals surface area contributed by atoms with Gasteiger partial charge in [-0.1, -0.05) is 48.6 Å². The standard InChI is InChI=1S/C24H28N4O2/c1-18-8-6-14-28-21(16-27-13-7-11-20(27)17-29)22(25-23(18)28)24(30)26(2)15-12-19-9-4-3-5-10-19/h3-11,14,20,29H,12-13,15-17H2,1-2H3/t20-/m0/s1. The largest absolute Gasteiger partial charge is 0.394 e. The first-order valence-corrected chi connectivity index (χ1v) is 10.4. The maximum atomic E-state index is 13.4. The van der Waals surface area contributed by atoms with Crippen molar-refractivity contribution in [3.63, 3.8) is 0 Å². The smallest absolute Gasteiger partial charge is 0.274 e. The summed E-state index contributed by atoms with van der Waals surface area (Å²) in [5.41, 5.74) is 4.40. The highest BCUT2D eigenvalue weighted by molar-refractivity contribution is 5.94. The molecule has 1 aliphatic heterocycles. The van der Waals surface area contributed by atoms with Crippen LogP contribution in [0.25, 0.3) is 5.65 Å². The topological polar surface area (TPSA) is 61.1 Å². The molecule has 0 bridgehead atoms. The minimum Gasteiger partial charge on any atom is -0.394 e. The predicted octanol–water partition coefficient (Wildman–Crippen LogP) is 2.69. The van der Waals surface area contributed by atoms with Gasteiger partial charge >= 0.3 is 0 Å². The number of pyridine rings is 1. The van der Waals surface area contributed by atoms with Gasteiger partial charge in [-0.25, -0.2) is 4.98 Å². The Kier molecular flexibility index (Phi) is 5.97. The van der Waals surface area contributed by atoms with Crippen LogP contribution in [-0.2, 0) is 13.0 Å². The van der Waals surface area contributed by atoms with E-state index in [4.69, 9.17) is 4.98 Å². The number of carbonyl (C=O) groups excluding carboxylic acids is 1. The number of aliphatic hydroxyl groups is 1. The summed E-state index contributed by atoms with van der Waals surface area (Å²) in [4.78, 5) is 22.0. The monoisotopic (exact) mass is 404 g/mol. The van der Waals surface area contributed by atoms with Gasteiger partial charge in [0.2, 0.25) is 0 Å². The molecule has 0 radical (unpaired) electrons. The van der Waals surface area contributed by atoms with Gasteiger partial charge in [0.25, 0.3) is 5.91 Å². The van der Waals surface area contributed by atoms with Crippen molar-refractivity contribution in [1.29, 1.82) is 0 Å². The van der Waals surface area contributed by atoms with Crippen molar-refractivity contribution >= 4 is 11.6 Å². The number of aliphatic hydroxyl groups excluding tert-OH is 1. The molecule has 6 heteroatoms. The molecule has 6 nitrogen and oxygen atoms in total. The number of aromatic nitrogens is 2. The molecule has 0 saturated carbocycles. The van der Waals surface area contributed by atoms with Gasteiger partial charge in [-0.3, -0.25) is 9.69 Å². The quantitative estimate of drug-likeness (QED) is 0.615. The molecular weight excluding hydrogens is 376 g/mol. The molecule has 1 atom stereocenters. The summed E-state index contributed by atoms with van der Waals surface area (Å²) in [5.74, 6) is -0.0725. The van der Waals surface area contributed by atoms with E-state index in [0.29, 0.717) is 18.8 Å². The molecular formula is C24H28N4O2. The van der Waals surface area contributed by atoms with E-state index in [1.165, 1.54) is 5.56 Å². The van der Waals surface area contributed by atoms with Crippen molar-refractivity contribution in [2.45, 2.75) is 25.9 Å². The number of hydrogen-bond acceptors (Lipinski definition) is 4. The normalized spacial score (nSPS) is 16.4. The van der Waals surface area contributed by atoms with E-state index in [-0.39, 0.29) is 18.6 Å². The lowest BCUT2D eigenvalue weighted by Gasteiger charge is -2.23. The van der Waals surface area contributed by atoms with Gasteiger partial charge < -0.3 is 14.4 Å². The molecule has 0 saturated heterocycles. The van der Waals surface area contributed by atoms with Crippen LogP contribution in [0.1, 0.15) is 27.3 Å². The van der Waals surface area contributed by atoms with Crippen LogP contribution >= 0.6 is 0 Å². The minimum atomic E-state index is -0.0725. The molecule has 2 aromatic heterocycles. The average molecular weight is 405 g/mol. The zero-order chi connectivity index (χ0) is 21.1. The van der Waals surface area contributed by atoms with Gasteiger partial charge in [-0.05, 0) is 30.5 Å². The Morgan fingerprint density at radius 1 is 1.23 bits per heavy atom. The van der Waals surface area contributed by atoms with Crippen LogP contribution < -0.4 is 0 Å². The number of imidazole rings is 1. The van der Waals surface area contributed by atoms with Gasteiger partial charge in [0.15, 0.2) is 5.69 Å². The lowest BCUT2D eigenvalue weighted by atomic mass is 10.1. The molecule has 0 unspecified atom stereocenters. The van der Waals surface area contributed by atoms with Crippen LogP contribution in [-0.4, -0.2) is 63.0 Å². The van der Waals surface area contributed by atoms with Gasteiger partial charge in [0, 0.05) is 32.9 Å². The zero-order valence-electron chi connectivity index (χ0n) is 17.5. The number of likely N-dealkylation sites (N-methyl/N-ethyl adjacent to an activating group) is 1. The Balaban J connectivity index is 1.62. The minimum absolute atomic E-state index is 0.0286. The number of amides is 1. The lowest BCUT2D eigenvalue weighted by Crippen LogP contribution is -2.34. The summed E-state index contributed by atoms with van der Waals surface area (Å²) in [6.45, 7) is 4.00. The molecule has 156 valence electrons. The van der Waals surface area contributed by atoms with Crippen LogP contribution in [0, 0.1) is 6.92 Å². The van der Waals surface area contributed by atoms with Gasteiger partial charge in [-0.15, -0.1) is 0 Å². The number of hydrogen-bond donors (Lipinski definition) is 1. The third-order valence-corrected chi connectivity index (χ3v) is 5.78. The maximum absolute atomic E-state index is 13.4. The van der Waals surface area contributed by atoms with E-state index in [9.17, 15) is 9.90 Å². The van der Waals surface area contributed by atoms with E-state index in [2.05, 4.69) is 23.1 Å². The van der Waals surface area contributed by atoms with Gasteiger partial charge in [0.1, 0.15) is 5.65 Å². The molecule has 1 N–H and O–H groups in total. The maximum Gasteiger partial charge on any atom is 0.274 e. The van der Waals surface area contributed by atoms with Crippen molar-refractivity contribution in [2.75, 3.05) is 26.7 Å². The van der Waals surface area contributed by atoms with Crippen molar-refractivity contribution in [3.8, 4) is 0 Å². The van der Waals surface area contributed by atoms with E-state index in [1.54, 1.807) is 4.90 Å². The van der Waals surface area contributed by atoms with Gasteiger partial charge in [-0.2, -0.15) is 0 Å². The van der Waals surface area contributed by atoms with E-state index >= 15 is 0 Å². The van der Waals surface area contributed by atoms with Crippen LogP contribution in [0.15, 0.2) is 60.8 Å². The molecule has 0 spiro atoms. The van der Waals surface area contributed by atoms with Crippen molar-refractivity contribution in [1.82, 2.24) is 19.2 Å². The molecule has 3 aromatic rings. The Bertz CT molecular complexity index is 1060. The first kappa shape index (κ1) is 20.3.